The summed E-state index contributed by atoms with van der Waals surface area (Å²) >= 11 is 0. The number of rotatable bonds is 3. The van der Waals surface area contributed by atoms with Crippen LogP contribution in [0.2, 0.25) is 0 Å². The van der Waals surface area contributed by atoms with E-state index in [-0.39, 0.29) is 42.9 Å². The molecule has 1 aromatic heterocycles. The monoisotopic (exact) mass is 433 g/mol. The lowest BCUT2D eigenvalue weighted by Gasteiger charge is -2.32. The van der Waals surface area contributed by atoms with Crippen molar-refractivity contribution in [2.24, 2.45) is 5.73 Å². The first-order chi connectivity index (χ1) is 13.3. The molecule has 3 fully saturated rings. The molecular formula is C15H17F6N3O5. The van der Waals surface area contributed by atoms with Gasteiger partial charge in [-0.15, -0.1) is 23.4 Å². The van der Waals surface area contributed by atoms with Gasteiger partial charge in [-0.1, -0.05) is 0 Å². The highest BCUT2D eigenvalue weighted by Gasteiger charge is 2.49. The number of carbonyl (C=O) groups is 1. The van der Waals surface area contributed by atoms with Gasteiger partial charge < -0.3 is 20.0 Å². The van der Waals surface area contributed by atoms with E-state index >= 15 is 0 Å². The van der Waals surface area contributed by atoms with Gasteiger partial charge in [0.2, 0.25) is 11.8 Å². The third-order valence-electron chi connectivity index (χ3n) is 5.03. The number of carboxylic acids is 1. The molecule has 4 rings (SSSR count). The number of nitrogens with two attached hydrogens (primary N) is 1. The fourth-order valence-corrected chi connectivity index (χ4v) is 3.57. The van der Waals surface area contributed by atoms with Crippen molar-refractivity contribution in [2.75, 3.05) is 0 Å². The standard InChI is InChI=1S/C13H16F3N3O3.C2HF3O2/c14-13(15,16)22-6-1-5(2-6)11-18-19-12(21-11)7-3-10-8(17)4-9(7)20-10;3-2(4,5)1(6)7/h5-10H,1-4,17H2;(H,6,7)/t5-,6+,7-,8-,9+,10+;/m0./s1. The Morgan fingerprint density at radius 2 is 1.62 bits per heavy atom. The minimum atomic E-state index is -5.08. The zero-order valence-electron chi connectivity index (χ0n) is 14.6. The second-order valence-corrected chi connectivity index (χ2v) is 7.09. The third-order valence-corrected chi connectivity index (χ3v) is 5.03. The highest BCUT2D eigenvalue weighted by Crippen LogP contribution is 2.45. The summed E-state index contributed by atoms with van der Waals surface area (Å²) in [5.74, 6) is -1.96. The van der Waals surface area contributed by atoms with Crippen molar-refractivity contribution in [1.82, 2.24) is 10.2 Å². The molecule has 2 bridgehead atoms. The summed E-state index contributed by atoms with van der Waals surface area (Å²) in [6.07, 6.45) is -8.40. The van der Waals surface area contributed by atoms with Crippen molar-refractivity contribution < 1.29 is 50.1 Å². The van der Waals surface area contributed by atoms with Gasteiger partial charge in [0.25, 0.3) is 0 Å². The Labute approximate surface area is 159 Å². The van der Waals surface area contributed by atoms with E-state index in [4.69, 9.17) is 24.8 Å². The van der Waals surface area contributed by atoms with Gasteiger partial charge in [0, 0.05) is 12.0 Å². The van der Waals surface area contributed by atoms with E-state index in [0.29, 0.717) is 11.8 Å². The molecule has 0 spiro atoms. The molecular weight excluding hydrogens is 416 g/mol. The molecule has 1 aliphatic carbocycles. The Morgan fingerprint density at radius 3 is 2.07 bits per heavy atom. The van der Waals surface area contributed by atoms with Crippen LogP contribution in [-0.4, -0.2) is 58.2 Å². The zero-order valence-corrected chi connectivity index (χ0v) is 14.6. The highest BCUT2D eigenvalue weighted by atomic mass is 19.4. The first-order valence-electron chi connectivity index (χ1n) is 8.62. The van der Waals surface area contributed by atoms with Gasteiger partial charge >= 0.3 is 18.5 Å². The minimum Gasteiger partial charge on any atom is -0.475 e. The highest BCUT2D eigenvalue weighted by molar-refractivity contribution is 5.73. The number of aliphatic carboxylic acids is 1. The number of carboxylic acid groups (broad SMARTS) is 1. The van der Waals surface area contributed by atoms with Crippen LogP contribution >= 0.6 is 0 Å². The summed E-state index contributed by atoms with van der Waals surface area (Å²) in [5, 5.41) is 15.1. The number of aromatic nitrogens is 2. The molecule has 0 amide bonds. The lowest BCUT2D eigenvalue weighted by atomic mass is 9.82. The lowest BCUT2D eigenvalue weighted by molar-refractivity contribution is -0.352. The Hall–Kier alpha value is -1.93. The summed E-state index contributed by atoms with van der Waals surface area (Å²) in [5.41, 5.74) is 5.91. The van der Waals surface area contributed by atoms with E-state index in [2.05, 4.69) is 14.9 Å². The molecule has 14 heteroatoms. The largest absolute Gasteiger partial charge is 0.522 e. The smallest absolute Gasteiger partial charge is 0.475 e. The zero-order chi connectivity index (χ0) is 21.6. The molecule has 1 aromatic rings. The van der Waals surface area contributed by atoms with Gasteiger partial charge in [0.15, 0.2) is 0 Å². The lowest BCUT2D eigenvalue weighted by Crippen LogP contribution is -2.34. The van der Waals surface area contributed by atoms with Crippen LogP contribution in [0, 0.1) is 0 Å². The number of alkyl halides is 6. The van der Waals surface area contributed by atoms with Crippen LogP contribution in [0.4, 0.5) is 26.3 Å². The normalized spacial score (nSPS) is 33.8. The van der Waals surface area contributed by atoms with Gasteiger partial charge in [0.05, 0.1) is 24.2 Å². The second kappa shape index (κ2) is 7.72. The van der Waals surface area contributed by atoms with Gasteiger partial charge in [-0.3, -0.25) is 4.74 Å². The summed E-state index contributed by atoms with van der Waals surface area (Å²) in [6, 6.07) is 0.0653. The Bertz CT molecular complexity index is 731. The van der Waals surface area contributed by atoms with E-state index in [1.807, 2.05) is 0 Å². The maximum atomic E-state index is 12.1. The topological polar surface area (TPSA) is 121 Å². The molecule has 0 unspecified atom stereocenters. The first kappa shape index (κ1) is 21.8. The molecule has 3 N–H and O–H groups in total. The molecule has 0 aromatic carbocycles. The molecule has 3 heterocycles. The van der Waals surface area contributed by atoms with Crippen LogP contribution in [0.15, 0.2) is 4.42 Å². The van der Waals surface area contributed by atoms with Crippen LogP contribution in [0.1, 0.15) is 49.3 Å². The maximum Gasteiger partial charge on any atom is 0.522 e. The summed E-state index contributed by atoms with van der Waals surface area (Å²) in [7, 11) is 0. The summed E-state index contributed by atoms with van der Waals surface area (Å²) in [4.78, 5) is 8.90. The predicted molar refractivity (Wildman–Crippen MR) is 79.5 cm³/mol. The van der Waals surface area contributed by atoms with Crippen molar-refractivity contribution >= 4 is 5.97 Å². The van der Waals surface area contributed by atoms with Gasteiger partial charge in [-0.2, -0.15) is 13.2 Å². The van der Waals surface area contributed by atoms with Gasteiger partial charge in [-0.05, 0) is 25.7 Å². The van der Waals surface area contributed by atoms with E-state index in [0.717, 1.165) is 12.8 Å². The quantitative estimate of drug-likeness (QED) is 0.698. The molecule has 4 atom stereocenters. The van der Waals surface area contributed by atoms with E-state index in [9.17, 15) is 26.3 Å². The number of halogens is 6. The fraction of sp³-hybridized carbons (Fsp3) is 0.800. The fourth-order valence-electron chi connectivity index (χ4n) is 3.57. The van der Waals surface area contributed by atoms with Crippen LogP contribution in [0.3, 0.4) is 0 Å². The molecule has 29 heavy (non-hydrogen) atoms. The van der Waals surface area contributed by atoms with E-state index < -0.39 is 24.6 Å². The van der Waals surface area contributed by atoms with Gasteiger partial charge in [0.1, 0.15) is 0 Å². The van der Waals surface area contributed by atoms with Crippen molar-refractivity contribution in [1.29, 1.82) is 0 Å². The molecule has 8 nitrogen and oxygen atoms in total. The SMILES string of the molecule is N[C@H]1C[C@H]2O[C@@H]1C[C@@H]2c1nnc([C@H]2C[C@@H](OC(F)(F)F)C2)o1.O=C(O)C(F)(F)F. The average Bonchev–Trinajstić information content (AvgIpc) is 3.23. The van der Waals surface area contributed by atoms with Crippen LogP contribution in [0.5, 0.6) is 0 Å². The first-order valence-corrected chi connectivity index (χ1v) is 8.62. The van der Waals surface area contributed by atoms with Crippen LogP contribution in [0.25, 0.3) is 0 Å². The Morgan fingerprint density at radius 1 is 1.03 bits per heavy atom. The van der Waals surface area contributed by atoms with Crippen molar-refractivity contribution in [2.45, 2.75) is 74.4 Å². The third kappa shape index (κ3) is 5.17. The summed E-state index contributed by atoms with van der Waals surface area (Å²) < 4.78 is 83.3. The minimum absolute atomic E-state index is 0.0102. The van der Waals surface area contributed by atoms with E-state index in [1.165, 1.54) is 0 Å². The second-order valence-electron chi connectivity index (χ2n) is 7.09. The van der Waals surface area contributed by atoms with E-state index in [1.54, 1.807) is 0 Å². The number of ether oxygens (including phenoxy) is 2. The Kier molecular flexibility index (Phi) is 5.80. The number of hydrogen-bond acceptors (Lipinski definition) is 7. The molecule has 164 valence electrons. The molecule has 2 aliphatic heterocycles. The molecule has 0 radical (unpaired) electrons. The van der Waals surface area contributed by atoms with Crippen molar-refractivity contribution in [3.8, 4) is 0 Å². The molecule has 3 aliphatic rings. The Balaban J connectivity index is 0.000000298. The van der Waals surface area contributed by atoms with Crippen molar-refractivity contribution in [3.63, 3.8) is 0 Å². The van der Waals surface area contributed by atoms with Crippen LogP contribution in [-0.2, 0) is 14.3 Å². The molecule has 1 saturated carbocycles. The number of fused-ring (bicyclic) bond motifs is 2. The molecule has 2 saturated heterocycles. The van der Waals surface area contributed by atoms with Crippen molar-refractivity contribution in [3.05, 3.63) is 11.8 Å². The van der Waals surface area contributed by atoms with Gasteiger partial charge in [-0.25, -0.2) is 4.79 Å². The maximum absolute atomic E-state index is 12.1. The van der Waals surface area contributed by atoms with Crippen LogP contribution < -0.4 is 5.73 Å². The predicted octanol–water partition coefficient (Wildman–Crippen LogP) is 2.46. The summed E-state index contributed by atoms with van der Waals surface area (Å²) in [6.45, 7) is 0. The number of nitrogens with zero attached hydrogens (tertiary/aromatic N) is 2. The number of hydrogen-bond donors (Lipinski definition) is 2. The average molecular weight is 433 g/mol.